The zero-order valence-corrected chi connectivity index (χ0v) is 14.2. The molecule has 1 N–H and O–H groups in total. The van der Waals surface area contributed by atoms with E-state index in [1.165, 1.54) is 18.2 Å². The quantitative estimate of drug-likeness (QED) is 0.792. The van der Waals surface area contributed by atoms with Gasteiger partial charge in [0.15, 0.2) is 19.7 Å². The molecule has 5 nitrogen and oxygen atoms in total. The van der Waals surface area contributed by atoms with E-state index in [4.69, 9.17) is 11.6 Å². The molecule has 0 amide bonds. The second kappa shape index (κ2) is 5.78. The van der Waals surface area contributed by atoms with Gasteiger partial charge >= 0.3 is 0 Å². The Morgan fingerprint density at radius 2 is 1.81 bits per heavy atom. The Kier molecular flexibility index (Phi) is 4.56. The Labute approximate surface area is 130 Å². The van der Waals surface area contributed by atoms with Crippen LogP contribution < -0.4 is 5.32 Å². The fraction of sp³-hybridized carbons (Fsp3) is 0.538. The minimum absolute atomic E-state index is 0.0157. The van der Waals surface area contributed by atoms with Gasteiger partial charge in [0.05, 0.1) is 20.9 Å². The van der Waals surface area contributed by atoms with Crippen LogP contribution in [-0.2, 0) is 19.7 Å². The standard InChI is InChI=1S/C13H18ClNO4S2/c1-20(16,17)10-5-6-12(13(7-10)21(2,18)19)15-8-11(14)9-3-4-9/h5-7,9,11,15H,3-4,8H2,1-2H3. The van der Waals surface area contributed by atoms with Crippen molar-refractivity contribution in [1.82, 2.24) is 0 Å². The molecule has 2 rings (SSSR count). The van der Waals surface area contributed by atoms with Gasteiger partial charge in [-0.2, -0.15) is 0 Å². The number of hydrogen-bond acceptors (Lipinski definition) is 5. The number of sulfone groups is 2. The maximum absolute atomic E-state index is 11.9. The lowest BCUT2D eigenvalue weighted by molar-refractivity contribution is 0.600. The van der Waals surface area contributed by atoms with Gasteiger partial charge in [0.25, 0.3) is 0 Å². The molecule has 1 aromatic rings. The van der Waals surface area contributed by atoms with Gasteiger partial charge in [-0.15, -0.1) is 11.6 Å². The van der Waals surface area contributed by atoms with Crippen molar-refractivity contribution in [2.75, 3.05) is 24.4 Å². The van der Waals surface area contributed by atoms with E-state index >= 15 is 0 Å². The normalized spacial score (nSPS) is 17.5. The molecule has 21 heavy (non-hydrogen) atoms. The Morgan fingerprint density at radius 1 is 1.19 bits per heavy atom. The summed E-state index contributed by atoms with van der Waals surface area (Å²) in [5.41, 5.74) is 0.385. The van der Waals surface area contributed by atoms with Crippen molar-refractivity contribution in [1.29, 1.82) is 0 Å². The number of alkyl halides is 1. The largest absolute Gasteiger partial charge is 0.382 e. The maximum atomic E-state index is 11.9. The summed E-state index contributed by atoms with van der Waals surface area (Å²) in [6, 6.07) is 4.06. The third-order valence-corrected chi connectivity index (χ3v) is 6.16. The van der Waals surface area contributed by atoms with E-state index in [2.05, 4.69) is 5.32 Å². The van der Waals surface area contributed by atoms with Crippen molar-refractivity contribution in [2.45, 2.75) is 28.0 Å². The van der Waals surface area contributed by atoms with Crippen molar-refractivity contribution >= 4 is 37.0 Å². The summed E-state index contributed by atoms with van der Waals surface area (Å²) < 4.78 is 46.8. The highest BCUT2D eigenvalue weighted by Crippen LogP contribution is 2.36. The maximum Gasteiger partial charge on any atom is 0.177 e. The van der Waals surface area contributed by atoms with Crippen molar-refractivity contribution in [3.63, 3.8) is 0 Å². The van der Waals surface area contributed by atoms with Crippen LogP contribution in [0.15, 0.2) is 28.0 Å². The van der Waals surface area contributed by atoms with Gasteiger partial charge in [0, 0.05) is 19.1 Å². The summed E-state index contributed by atoms with van der Waals surface area (Å²) in [7, 11) is -6.99. The van der Waals surface area contributed by atoms with E-state index in [1.807, 2.05) is 0 Å². The number of anilines is 1. The smallest absolute Gasteiger partial charge is 0.177 e. The highest BCUT2D eigenvalue weighted by atomic mass is 35.5. The molecule has 8 heteroatoms. The van der Waals surface area contributed by atoms with Crippen molar-refractivity contribution < 1.29 is 16.8 Å². The predicted octanol–water partition coefficient (Wildman–Crippen LogP) is 1.92. The van der Waals surface area contributed by atoms with Crippen molar-refractivity contribution in [3.05, 3.63) is 18.2 Å². The molecule has 0 radical (unpaired) electrons. The topological polar surface area (TPSA) is 80.3 Å². The summed E-state index contributed by atoms with van der Waals surface area (Å²) in [4.78, 5) is -0.0387. The lowest BCUT2D eigenvalue weighted by Gasteiger charge is -2.14. The molecule has 1 fully saturated rings. The van der Waals surface area contributed by atoms with E-state index in [1.54, 1.807) is 0 Å². The van der Waals surface area contributed by atoms with E-state index in [9.17, 15) is 16.8 Å². The fourth-order valence-corrected chi connectivity index (χ4v) is 3.95. The van der Waals surface area contributed by atoms with Crippen LogP contribution in [0.3, 0.4) is 0 Å². The molecule has 1 aliphatic rings. The van der Waals surface area contributed by atoms with E-state index in [0.29, 0.717) is 18.2 Å². The molecule has 1 saturated carbocycles. The van der Waals surface area contributed by atoms with Gasteiger partial charge in [-0.3, -0.25) is 0 Å². The monoisotopic (exact) mass is 351 g/mol. The lowest BCUT2D eigenvalue weighted by Crippen LogP contribution is -2.17. The SMILES string of the molecule is CS(=O)(=O)c1ccc(NCC(Cl)C2CC2)c(S(C)(=O)=O)c1. The molecule has 1 aromatic carbocycles. The molecule has 0 bridgehead atoms. The number of benzene rings is 1. The molecule has 1 aliphatic carbocycles. The van der Waals surface area contributed by atoms with Gasteiger partial charge in [-0.1, -0.05) is 0 Å². The molecule has 0 aromatic heterocycles. The van der Waals surface area contributed by atoms with Gasteiger partial charge in [-0.05, 0) is 37.0 Å². The van der Waals surface area contributed by atoms with Gasteiger partial charge in [-0.25, -0.2) is 16.8 Å². The highest BCUT2D eigenvalue weighted by Gasteiger charge is 2.29. The molecular formula is C13H18ClNO4S2. The third kappa shape index (κ3) is 4.34. The second-order valence-electron chi connectivity index (χ2n) is 5.44. The average molecular weight is 352 g/mol. The lowest BCUT2D eigenvalue weighted by atomic mass is 10.2. The van der Waals surface area contributed by atoms with Crippen molar-refractivity contribution in [2.24, 2.45) is 5.92 Å². The van der Waals surface area contributed by atoms with Gasteiger partial charge < -0.3 is 5.32 Å². The minimum atomic E-state index is -3.54. The van der Waals surface area contributed by atoms with Crippen LogP contribution in [0.4, 0.5) is 5.69 Å². The summed E-state index contributed by atoms with van der Waals surface area (Å²) in [5.74, 6) is 0.483. The van der Waals surface area contributed by atoms with Crippen molar-refractivity contribution in [3.8, 4) is 0 Å². The number of halogens is 1. The minimum Gasteiger partial charge on any atom is -0.382 e. The second-order valence-corrected chi connectivity index (χ2v) is 10.00. The first kappa shape index (κ1) is 16.6. The van der Waals surface area contributed by atoms with Crippen LogP contribution in [-0.4, -0.2) is 41.3 Å². The average Bonchev–Trinajstić information content (AvgIpc) is 3.17. The van der Waals surface area contributed by atoms with Crippen LogP contribution in [0.5, 0.6) is 0 Å². The number of rotatable bonds is 6. The molecule has 0 aliphatic heterocycles. The zero-order valence-electron chi connectivity index (χ0n) is 11.8. The Morgan fingerprint density at radius 3 is 2.29 bits per heavy atom. The zero-order chi connectivity index (χ0) is 15.8. The Bertz CT molecular complexity index is 739. The number of hydrogen-bond donors (Lipinski definition) is 1. The highest BCUT2D eigenvalue weighted by molar-refractivity contribution is 7.91. The van der Waals surface area contributed by atoms with Gasteiger partial charge in [0.1, 0.15) is 0 Å². The van der Waals surface area contributed by atoms with E-state index < -0.39 is 19.7 Å². The van der Waals surface area contributed by atoms with E-state index in [0.717, 1.165) is 25.4 Å². The van der Waals surface area contributed by atoms with Crippen LogP contribution in [0.25, 0.3) is 0 Å². The van der Waals surface area contributed by atoms with Gasteiger partial charge in [0.2, 0.25) is 0 Å². The molecule has 1 unspecified atom stereocenters. The summed E-state index contributed by atoms with van der Waals surface area (Å²) in [6.45, 7) is 0.451. The van der Waals surface area contributed by atoms with Crippen LogP contribution in [0, 0.1) is 5.92 Å². The molecule has 0 saturated heterocycles. The summed E-state index contributed by atoms with van der Waals surface area (Å²) >= 11 is 6.19. The molecule has 0 spiro atoms. The molecule has 1 atom stereocenters. The summed E-state index contributed by atoms with van der Waals surface area (Å²) in [5, 5.41) is 2.96. The molecule has 118 valence electrons. The molecular weight excluding hydrogens is 334 g/mol. The predicted molar refractivity (Wildman–Crippen MR) is 83.5 cm³/mol. The third-order valence-electron chi connectivity index (χ3n) is 3.40. The Balaban J connectivity index is 2.31. The first-order valence-electron chi connectivity index (χ1n) is 6.51. The summed E-state index contributed by atoms with van der Waals surface area (Å²) in [6.07, 6.45) is 4.30. The molecule has 0 heterocycles. The Hall–Kier alpha value is -0.790. The van der Waals surface area contributed by atoms with Crippen LogP contribution in [0.1, 0.15) is 12.8 Å². The number of nitrogens with one attached hydrogen (secondary N) is 1. The first-order chi connectivity index (χ1) is 9.59. The fourth-order valence-electron chi connectivity index (χ4n) is 2.02. The van der Waals surface area contributed by atoms with Crippen LogP contribution >= 0.6 is 11.6 Å². The van der Waals surface area contributed by atoms with E-state index in [-0.39, 0.29) is 15.2 Å². The van der Waals surface area contributed by atoms with Crippen LogP contribution in [0.2, 0.25) is 0 Å². The first-order valence-corrected chi connectivity index (χ1v) is 10.7.